The van der Waals surface area contributed by atoms with Crippen molar-refractivity contribution in [2.75, 3.05) is 5.75 Å². The number of nitrogens with one attached hydrogen (secondary N) is 2. The lowest BCUT2D eigenvalue weighted by Gasteiger charge is -2.21. The van der Waals surface area contributed by atoms with E-state index in [0.29, 0.717) is 0 Å². The zero-order valence-electron chi connectivity index (χ0n) is 13.8. The van der Waals surface area contributed by atoms with Crippen LogP contribution in [0.3, 0.4) is 0 Å². The number of carbonyl (C=O) groups is 4. The standard InChI is InChI=1S/C16H21N3O6S/c17-10(6-9-4-2-1-3-5-9)14(22)18-11(7-13(20)21)15(23)19-12(8-26)16(24)25/h1-5,10-12,26H,6-8,17H2,(H,18,22)(H,19,23)(H,20,21)(H,24,25)/t10-,11-,12-/m0/s1. The van der Waals surface area contributed by atoms with E-state index >= 15 is 0 Å². The number of benzene rings is 1. The Bertz CT molecular complexity index is 655. The topological polar surface area (TPSA) is 159 Å². The molecule has 0 aliphatic heterocycles. The number of hydrogen-bond donors (Lipinski definition) is 6. The third kappa shape index (κ3) is 7.11. The normalized spacial score (nSPS) is 13.9. The molecule has 0 unspecified atom stereocenters. The molecule has 0 saturated carbocycles. The lowest BCUT2D eigenvalue weighted by Crippen LogP contribution is -2.55. The highest BCUT2D eigenvalue weighted by Gasteiger charge is 2.29. The Morgan fingerprint density at radius 2 is 1.58 bits per heavy atom. The van der Waals surface area contributed by atoms with E-state index in [1.165, 1.54) is 0 Å². The molecule has 1 rings (SSSR count). The SMILES string of the molecule is N[C@@H](Cc1ccccc1)C(=O)N[C@@H](CC(=O)O)C(=O)N[C@@H](CS)C(=O)O. The monoisotopic (exact) mass is 383 g/mol. The van der Waals surface area contributed by atoms with Crippen molar-refractivity contribution in [2.45, 2.75) is 31.0 Å². The van der Waals surface area contributed by atoms with Gasteiger partial charge in [0.15, 0.2) is 0 Å². The van der Waals surface area contributed by atoms with Gasteiger partial charge >= 0.3 is 11.9 Å². The van der Waals surface area contributed by atoms with Crippen molar-refractivity contribution in [2.24, 2.45) is 5.73 Å². The van der Waals surface area contributed by atoms with E-state index in [-0.39, 0.29) is 12.2 Å². The van der Waals surface area contributed by atoms with Crippen molar-refractivity contribution < 1.29 is 29.4 Å². The van der Waals surface area contributed by atoms with Gasteiger partial charge in [0.1, 0.15) is 12.1 Å². The molecule has 0 aliphatic carbocycles. The molecule has 1 aromatic rings. The second-order valence-corrected chi connectivity index (χ2v) is 5.90. The first-order chi connectivity index (χ1) is 12.2. The molecule has 0 aromatic heterocycles. The number of amides is 2. The molecule has 2 amide bonds. The summed E-state index contributed by atoms with van der Waals surface area (Å²) in [5.41, 5.74) is 6.61. The first-order valence-electron chi connectivity index (χ1n) is 7.70. The van der Waals surface area contributed by atoms with Crippen LogP contribution in [-0.4, -0.2) is 57.8 Å². The zero-order valence-corrected chi connectivity index (χ0v) is 14.7. The quantitative estimate of drug-likeness (QED) is 0.283. The van der Waals surface area contributed by atoms with E-state index < -0.39 is 48.3 Å². The number of carboxylic acids is 2. The first-order valence-corrected chi connectivity index (χ1v) is 8.33. The van der Waals surface area contributed by atoms with Crippen LogP contribution in [0.5, 0.6) is 0 Å². The van der Waals surface area contributed by atoms with Crippen LogP contribution in [0.1, 0.15) is 12.0 Å². The average molecular weight is 383 g/mol. The lowest BCUT2D eigenvalue weighted by molar-refractivity contribution is -0.143. The zero-order chi connectivity index (χ0) is 19.7. The third-order valence-corrected chi connectivity index (χ3v) is 3.81. The summed E-state index contributed by atoms with van der Waals surface area (Å²) in [4.78, 5) is 46.2. The molecule has 0 fully saturated rings. The van der Waals surface area contributed by atoms with Gasteiger partial charge < -0.3 is 26.6 Å². The molecule has 10 heteroatoms. The van der Waals surface area contributed by atoms with E-state index in [4.69, 9.17) is 15.9 Å². The predicted molar refractivity (Wildman–Crippen MR) is 95.7 cm³/mol. The predicted octanol–water partition coefficient (Wildman–Crippen LogP) is -0.985. The fourth-order valence-corrected chi connectivity index (χ4v) is 2.33. The highest BCUT2D eigenvalue weighted by molar-refractivity contribution is 7.80. The Hall–Kier alpha value is -2.59. The van der Waals surface area contributed by atoms with Crippen LogP contribution in [-0.2, 0) is 25.6 Å². The van der Waals surface area contributed by atoms with E-state index in [9.17, 15) is 19.2 Å². The van der Waals surface area contributed by atoms with Crippen molar-refractivity contribution in [3.8, 4) is 0 Å². The number of nitrogens with two attached hydrogens (primary N) is 1. The van der Waals surface area contributed by atoms with Gasteiger partial charge in [-0.25, -0.2) is 4.79 Å². The summed E-state index contributed by atoms with van der Waals surface area (Å²) in [5, 5.41) is 22.3. The summed E-state index contributed by atoms with van der Waals surface area (Å²) in [6, 6.07) is 5.16. The molecular weight excluding hydrogens is 362 g/mol. The van der Waals surface area contributed by atoms with E-state index in [1.54, 1.807) is 24.3 Å². The van der Waals surface area contributed by atoms with Gasteiger partial charge in [-0.3, -0.25) is 14.4 Å². The van der Waals surface area contributed by atoms with Crippen LogP contribution >= 0.6 is 12.6 Å². The molecule has 0 saturated heterocycles. The summed E-state index contributed by atoms with van der Waals surface area (Å²) in [7, 11) is 0. The minimum atomic E-state index is -1.46. The fraction of sp³-hybridized carbons (Fsp3) is 0.375. The number of hydrogen-bond acceptors (Lipinski definition) is 6. The molecule has 9 nitrogen and oxygen atoms in total. The van der Waals surface area contributed by atoms with Crippen LogP contribution in [0.25, 0.3) is 0 Å². The first kappa shape index (κ1) is 21.5. The van der Waals surface area contributed by atoms with Gasteiger partial charge in [0.25, 0.3) is 0 Å². The van der Waals surface area contributed by atoms with Crippen LogP contribution in [0.4, 0.5) is 0 Å². The van der Waals surface area contributed by atoms with Crippen molar-refractivity contribution in [1.29, 1.82) is 0 Å². The van der Waals surface area contributed by atoms with Gasteiger partial charge in [-0.1, -0.05) is 30.3 Å². The Morgan fingerprint density at radius 1 is 1.00 bits per heavy atom. The number of carbonyl (C=O) groups excluding carboxylic acids is 2. The number of carboxylic acid groups (broad SMARTS) is 2. The Morgan fingerprint density at radius 3 is 2.08 bits per heavy atom. The molecule has 0 bridgehead atoms. The minimum absolute atomic E-state index is 0.192. The summed E-state index contributed by atoms with van der Waals surface area (Å²) >= 11 is 3.81. The highest BCUT2D eigenvalue weighted by atomic mass is 32.1. The molecule has 0 aliphatic rings. The van der Waals surface area contributed by atoms with E-state index in [1.807, 2.05) is 6.07 Å². The van der Waals surface area contributed by atoms with Crippen molar-refractivity contribution in [3.05, 3.63) is 35.9 Å². The maximum absolute atomic E-state index is 12.2. The smallest absolute Gasteiger partial charge is 0.327 e. The maximum atomic E-state index is 12.2. The number of aliphatic carboxylic acids is 2. The largest absolute Gasteiger partial charge is 0.481 e. The molecule has 26 heavy (non-hydrogen) atoms. The van der Waals surface area contributed by atoms with E-state index in [2.05, 4.69) is 23.3 Å². The van der Waals surface area contributed by atoms with Gasteiger partial charge in [-0.05, 0) is 12.0 Å². The Labute approximate surface area is 155 Å². The molecule has 1 aromatic carbocycles. The average Bonchev–Trinajstić information content (AvgIpc) is 2.58. The van der Waals surface area contributed by atoms with E-state index in [0.717, 1.165) is 5.56 Å². The van der Waals surface area contributed by atoms with Crippen molar-refractivity contribution in [1.82, 2.24) is 10.6 Å². The van der Waals surface area contributed by atoms with Crippen LogP contribution in [0, 0.1) is 0 Å². The number of rotatable bonds is 10. The minimum Gasteiger partial charge on any atom is -0.481 e. The maximum Gasteiger partial charge on any atom is 0.327 e. The van der Waals surface area contributed by atoms with Gasteiger partial charge in [0.05, 0.1) is 12.5 Å². The van der Waals surface area contributed by atoms with Crippen molar-refractivity contribution in [3.63, 3.8) is 0 Å². The summed E-state index contributed by atoms with van der Waals surface area (Å²) in [6.07, 6.45) is -0.517. The van der Waals surface area contributed by atoms with Crippen LogP contribution in [0.2, 0.25) is 0 Å². The van der Waals surface area contributed by atoms with Gasteiger partial charge in [0.2, 0.25) is 11.8 Å². The fourth-order valence-electron chi connectivity index (χ4n) is 2.08. The third-order valence-electron chi connectivity index (χ3n) is 3.44. The lowest BCUT2D eigenvalue weighted by atomic mass is 10.1. The number of thiol groups is 1. The van der Waals surface area contributed by atoms with Crippen molar-refractivity contribution >= 4 is 36.4 Å². The highest BCUT2D eigenvalue weighted by Crippen LogP contribution is 2.03. The molecule has 0 radical (unpaired) electrons. The summed E-state index contributed by atoms with van der Waals surface area (Å²) < 4.78 is 0. The molecular formula is C16H21N3O6S. The van der Waals surface area contributed by atoms with Gasteiger partial charge in [0, 0.05) is 5.75 Å². The summed E-state index contributed by atoms with van der Waals surface area (Å²) in [6.45, 7) is 0. The molecule has 0 heterocycles. The Kier molecular flexibility index (Phi) is 8.59. The Balaban J connectivity index is 2.76. The van der Waals surface area contributed by atoms with Crippen LogP contribution in [0.15, 0.2) is 30.3 Å². The second kappa shape index (κ2) is 10.4. The van der Waals surface area contributed by atoms with Gasteiger partial charge in [-0.15, -0.1) is 0 Å². The van der Waals surface area contributed by atoms with Crippen LogP contribution < -0.4 is 16.4 Å². The molecule has 3 atom stereocenters. The molecule has 142 valence electrons. The summed E-state index contributed by atoms with van der Waals surface area (Å²) in [5.74, 6) is -4.50. The molecule has 0 spiro atoms. The second-order valence-electron chi connectivity index (χ2n) is 5.54. The molecule has 6 N–H and O–H groups in total. The van der Waals surface area contributed by atoms with Gasteiger partial charge in [-0.2, -0.15) is 12.6 Å².